The van der Waals surface area contributed by atoms with Crippen molar-refractivity contribution in [2.24, 2.45) is 0 Å². The molecule has 0 radical (unpaired) electrons. The van der Waals surface area contributed by atoms with Crippen LogP contribution in [-0.4, -0.2) is 60.6 Å². The molecule has 0 spiro atoms. The normalized spacial score (nSPS) is 12.9. The Morgan fingerprint density at radius 3 is 2.67 bits per heavy atom. The second-order valence-electron chi connectivity index (χ2n) is 9.38. The van der Waals surface area contributed by atoms with Crippen LogP contribution in [0.25, 0.3) is 27.9 Å². The Balaban J connectivity index is 1.40. The average Bonchev–Trinajstić information content (AvgIpc) is 3.60. The van der Waals surface area contributed by atoms with Crippen LogP contribution in [0.2, 0.25) is 19.6 Å². The van der Waals surface area contributed by atoms with E-state index in [0.717, 1.165) is 10.8 Å². The molecule has 5 aromatic rings. The minimum absolute atomic E-state index is 0.148. The van der Waals surface area contributed by atoms with Crippen molar-refractivity contribution in [1.29, 1.82) is 0 Å². The lowest BCUT2D eigenvalue weighted by molar-refractivity contribution is 0.0929. The van der Waals surface area contributed by atoms with Gasteiger partial charge in [0.05, 0.1) is 20.7 Å². The number of benzene rings is 1. The summed E-state index contributed by atoms with van der Waals surface area (Å²) in [7, 11) is -1.39. The van der Waals surface area contributed by atoms with E-state index in [9.17, 15) is 0 Å². The summed E-state index contributed by atoms with van der Waals surface area (Å²) in [5.74, 6) is 2.26. The van der Waals surface area contributed by atoms with Gasteiger partial charge in [-0.05, 0) is 19.9 Å². The summed E-state index contributed by atoms with van der Waals surface area (Å²) >= 11 is 0. The lowest BCUT2D eigenvalue weighted by Crippen LogP contribution is -2.37. The van der Waals surface area contributed by atoms with Crippen molar-refractivity contribution < 1.29 is 18.7 Å². The maximum absolute atomic E-state index is 6.09. The fourth-order valence-corrected chi connectivity index (χ4v) is 4.03. The quantitative estimate of drug-likeness (QED) is 0.277. The Labute approximate surface area is 208 Å². The smallest absolute Gasteiger partial charge is 0.311 e. The van der Waals surface area contributed by atoms with Gasteiger partial charge in [-0.2, -0.15) is 9.61 Å². The van der Waals surface area contributed by atoms with Crippen molar-refractivity contribution in [2.45, 2.75) is 52.4 Å². The Morgan fingerprint density at radius 1 is 1.08 bits per heavy atom. The van der Waals surface area contributed by atoms with E-state index in [-0.39, 0.29) is 12.3 Å². The molecule has 4 heterocycles. The molecule has 0 fully saturated rings. The molecule has 0 aliphatic heterocycles. The highest BCUT2D eigenvalue weighted by Crippen LogP contribution is 2.29. The highest BCUT2D eigenvalue weighted by Gasteiger charge is 2.24. The molecule has 1 unspecified atom stereocenters. The van der Waals surface area contributed by atoms with Crippen LogP contribution in [0, 0.1) is 0 Å². The van der Waals surface area contributed by atoms with Crippen LogP contribution in [0.4, 0.5) is 0 Å². The third-order valence-corrected chi connectivity index (χ3v) is 8.45. The third-order valence-electron chi connectivity index (χ3n) is 5.84. The van der Waals surface area contributed by atoms with E-state index in [1.165, 1.54) is 0 Å². The van der Waals surface area contributed by atoms with Gasteiger partial charge in [0.25, 0.3) is 0 Å². The molecular weight excluding hydrogens is 480 g/mol. The van der Waals surface area contributed by atoms with Gasteiger partial charge in [-0.3, -0.25) is 5.10 Å². The Hall–Kier alpha value is -3.84. The molecular formula is C23H28N8O4Si. The summed E-state index contributed by atoms with van der Waals surface area (Å²) < 4.78 is 24.2. The number of nitrogens with zero attached hydrogens (tertiary/aromatic N) is 7. The van der Waals surface area contributed by atoms with Crippen LogP contribution in [0.1, 0.15) is 25.5 Å². The highest BCUT2D eigenvalue weighted by atomic mass is 28.3. The number of fused-ring (bicyclic) bond motifs is 3. The van der Waals surface area contributed by atoms with Gasteiger partial charge < -0.3 is 18.7 Å². The first-order valence-corrected chi connectivity index (χ1v) is 15.3. The van der Waals surface area contributed by atoms with E-state index in [2.05, 4.69) is 62.2 Å². The summed E-state index contributed by atoms with van der Waals surface area (Å²) in [6.45, 7) is 11.7. The molecule has 0 aliphatic rings. The molecule has 0 bridgehead atoms. The minimum Gasteiger partial charge on any atom is -0.468 e. The van der Waals surface area contributed by atoms with E-state index in [4.69, 9.17) is 18.7 Å². The molecule has 5 rings (SSSR count). The summed E-state index contributed by atoms with van der Waals surface area (Å²) in [4.78, 5) is 4.50. The number of hydrogen-bond acceptors (Lipinski definition) is 10. The topological polar surface area (TPSA) is 138 Å². The second-order valence-corrected chi connectivity index (χ2v) is 14.9. The second kappa shape index (κ2) is 9.66. The van der Waals surface area contributed by atoms with Crippen LogP contribution in [-0.2, 0) is 18.0 Å². The first-order chi connectivity index (χ1) is 17.3. The number of ether oxygens (including phenoxy) is 3. The molecule has 1 N–H and O–H groups in total. The van der Waals surface area contributed by atoms with Crippen LogP contribution < -0.4 is 9.47 Å². The lowest BCUT2D eigenvalue weighted by Gasteiger charge is -2.24. The predicted molar refractivity (Wildman–Crippen MR) is 133 cm³/mol. The summed E-state index contributed by atoms with van der Waals surface area (Å²) in [6, 6.07) is 9.36. The molecule has 188 valence electrons. The van der Waals surface area contributed by atoms with E-state index in [1.54, 1.807) is 10.6 Å². The molecule has 13 heteroatoms. The van der Waals surface area contributed by atoms with Crippen molar-refractivity contribution >= 4 is 24.5 Å². The van der Waals surface area contributed by atoms with Gasteiger partial charge >= 0.3 is 5.95 Å². The molecule has 0 saturated heterocycles. The molecule has 1 aromatic carbocycles. The van der Waals surface area contributed by atoms with Crippen molar-refractivity contribution in [2.75, 3.05) is 6.61 Å². The van der Waals surface area contributed by atoms with Crippen molar-refractivity contribution in [3.05, 3.63) is 42.0 Å². The van der Waals surface area contributed by atoms with Crippen LogP contribution >= 0.6 is 0 Å². The third kappa shape index (κ3) is 4.79. The summed E-state index contributed by atoms with van der Waals surface area (Å²) in [6.07, 6.45) is 0. The average molecular weight is 509 g/mol. The lowest BCUT2D eigenvalue weighted by atomic mass is 10.2. The van der Waals surface area contributed by atoms with E-state index in [1.807, 2.05) is 31.2 Å². The number of H-pyrrole nitrogens is 1. The molecule has 4 aromatic heterocycles. The minimum atomic E-state index is -1.39. The first kappa shape index (κ1) is 23.9. The van der Waals surface area contributed by atoms with Gasteiger partial charge in [0.15, 0.2) is 23.0 Å². The van der Waals surface area contributed by atoms with Gasteiger partial charge in [-0.15, -0.1) is 15.3 Å². The zero-order valence-corrected chi connectivity index (χ0v) is 21.8. The molecule has 1 atom stereocenters. The largest absolute Gasteiger partial charge is 0.468 e. The molecule has 0 saturated carbocycles. The van der Waals surface area contributed by atoms with E-state index in [0.29, 0.717) is 53.9 Å². The molecule has 36 heavy (non-hydrogen) atoms. The molecule has 0 aliphatic carbocycles. The number of aromatic amines is 1. The fourth-order valence-electron chi connectivity index (χ4n) is 3.44. The van der Waals surface area contributed by atoms with Gasteiger partial charge in [0.2, 0.25) is 11.7 Å². The standard InChI is InChI=1S/C23H28N8O4Si/c1-6-32-20-11-17(30-35-20)22-28-27-21-15-9-7-8-10-16(15)23(29-31(21)22)34-13-19-24-18(25-26-19)12-33-14(2)36(3,4)5/h7-11,14H,6,12-13H2,1-5H3,(H,24,25,26). The van der Waals surface area contributed by atoms with Gasteiger partial charge in [-0.25, -0.2) is 4.98 Å². The zero-order valence-electron chi connectivity index (χ0n) is 20.8. The van der Waals surface area contributed by atoms with Gasteiger partial charge in [0, 0.05) is 16.5 Å². The Bertz CT molecular complexity index is 1490. The number of nitrogens with one attached hydrogen (secondary N) is 1. The summed E-state index contributed by atoms with van der Waals surface area (Å²) in [5, 5.41) is 26.1. The van der Waals surface area contributed by atoms with Gasteiger partial charge in [0.1, 0.15) is 13.2 Å². The number of hydrogen-bond donors (Lipinski definition) is 1. The number of rotatable bonds is 10. The number of aromatic nitrogens is 8. The van der Waals surface area contributed by atoms with Crippen molar-refractivity contribution in [3.63, 3.8) is 0 Å². The maximum Gasteiger partial charge on any atom is 0.311 e. The molecule has 12 nitrogen and oxygen atoms in total. The van der Waals surface area contributed by atoms with Gasteiger partial charge in [-0.1, -0.05) is 43.0 Å². The monoisotopic (exact) mass is 508 g/mol. The van der Waals surface area contributed by atoms with Crippen LogP contribution in [0.15, 0.2) is 34.9 Å². The van der Waals surface area contributed by atoms with E-state index >= 15 is 0 Å². The van der Waals surface area contributed by atoms with Crippen molar-refractivity contribution in [1.82, 2.24) is 40.1 Å². The zero-order chi connectivity index (χ0) is 25.3. The summed E-state index contributed by atoms with van der Waals surface area (Å²) in [5.41, 5.74) is 1.22. The fraction of sp³-hybridized carbons (Fsp3) is 0.391. The Kier molecular flexibility index (Phi) is 6.41. The van der Waals surface area contributed by atoms with Crippen LogP contribution in [0.3, 0.4) is 0 Å². The molecule has 0 amide bonds. The highest BCUT2D eigenvalue weighted by molar-refractivity contribution is 6.77. The Morgan fingerprint density at radius 2 is 1.89 bits per heavy atom. The predicted octanol–water partition coefficient (Wildman–Crippen LogP) is 3.81. The SMILES string of the molecule is CCOc1cc(-c2nnc3c4ccccc4c(OCc4nc(COC(C)[Si](C)(C)C)n[nH]4)nn23)no1. The van der Waals surface area contributed by atoms with Crippen molar-refractivity contribution in [3.8, 4) is 23.3 Å². The van der Waals surface area contributed by atoms with E-state index < -0.39 is 8.07 Å². The maximum atomic E-state index is 6.09. The van der Waals surface area contributed by atoms with Crippen LogP contribution in [0.5, 0.6) is 11.8 Å². The first-order valence-electron chi connectivity index (χ1n) is 11.7.